The summed E-state index contributed by atoms with van der Waals surface area (Å²) < 4.78 is 7.04. The van der Waals surface area contributed by atoms with Crippen molar-refractivity contribution >= 4 is 5.82 Å². The summed E-state index contributed by atoms with van der Waals surface area (Å²) in [6, 6.07) is 9.81. The molecule has 2 aromatic rings. The molecule has 4 nitrogen and oxygen atoms in total. The first-order chi connectivity index (χ1) is 9.28. The predicted molar refractivity (Wildman–Crippen MR) is 75.7 cm³/mol. The molecule has 0 atom stereocenters. The molecule has 19 heavy (non-hydrogen) atoms. The summed E-state index contributed by atoms with van der Waals surface area (Å²) >= 11 is 0. The van der Waals surface area contributed by atoms with Crippen LogP contribution in [0.2, 0.25) is 0 Å². The summed E-state index contributed by atoms with van der Waals surface area (Å²) in [5.41, 5.74) is 8.16. The molecule has 100 valence electrons. The minimum Gasteiger partial charge on any atom is -0.497 e. The Kier molecular flexibility index (Phi) is 3.15. The Morgan fingerprint density at radius 1 is 1.26 bits per heavy atom. The van der Waals surface area contributed by atoms with Crippen LogP contribution >= 0.6 is 0 Å². The molecule has 1 saturated carbocycles. The first kappa shape index (κ1) is 12.1. The van der Waals surface area contributed by atoms with E-state index in [1.165, 1.54) is 25.7 Å². The van der Waals surface area contributed by atoms with Crippen LogP contribution in [0.3, 0.4) is 0 Å². The number of anilines is 1. The Morgan fingerprint density at radius 3 is 2.79 bits per heavy atom. The van der Waals surface area contributed by atoms with Gasteiger partial charge in [0, 0.05) is 18.1 Å². The van der Waals surface area contributed by atoms with Gasteiger partial charge in [0.2, 0.25) is 0 Å². The Bertz CT molecular complexity index is 571. The molecule has 1 aliphatic rings. The van der Waals surface area contributed by atoms with Crippen molar-refractivity contribution in [3.05, 3.63) is 36.0 Å². The highest BCUT2D eigenvalue weighted by Crippen LogP contribution is 2.34. The second kappa shape index (κ2) is 4.96. The molecule has 0 saturated heterocycles. The molecule has 1 heterocycles. The summed E-state index contributed by atoms with van der Waals surface area (Å²) in [5.74, 6) is 2.08. The maximum Gasteiger partial charge on any atom is 0.127 e. The van der Waals surface area contributed by atoms with Crippen molar-refractivity contribution in [3.8, 4) is 11.4 Å². The van der Waals surface area contributed by atoms with E-state index in [0.29, 0.717) is 11.7 Å². The van der Waals surface area contributed by atoms with Gasteiger partial charge in [0.05, 0.1) is 18.5 Å². The molecule has 2 N–H and O–H groups in total. The van der Waals surface area contributed by atoms with E-state index in [4.69, 9.17) is 10.5 Å². The monoisotopic (exact) mass is 257 g/mol. The summed E-state index contributed by atoms with van der Waals surface area (Å²) in [4.78, 5) is 0. The lowest BCUT2D eigenvalue weighted by Crippen LogP contribution is -2.02. The SMILES string of the molecule is COc1cccc(-n2nc(C3CCCC3)cc2N)c1. The largest absolute Gasteiger partial charge is 0.497 e. The van der Waals surface area contributed by atoms with Gasteiger partial charge in [-0.3, -0.25) is 0 Å². The topological polar surface area (TPSA) is 53.1 Å². The fourth-order valence-corrected chi connectivity index (χ4v) is 2.78. The van der Waals surface area contributed by atoms with Gasteiger partial charge in [0.15, 0.2) is 0 Å². The van der Waals surface area contributed by atoms with E-state index >= 15 is 0 Å². The Balaban J connectivity index is 1.95. The summed E-state index contributed by atoms with van der Waals surface area (Å²) in [6.07, 6.45) is 5.07. The van der Waals surface area contributed by atoms with Crippen molar-refractivity contribution < 1.29 is 4.74 Å². The van der Waals surface area contributed by atoms with Gasteiger partial charge < -0.3 is 10.5 Å². The number of ether oxygens (including phenoxy) is 1. The number of aromatic nitrogens is 2. The highest BCUT2D eigenvalue weighted by atomic mass is 16.5. The van der Waals surface area contributed by atoms with E-state index in [1.54, 1.807) is 11.8 Å². The van der Waals surface area contributed by atoms with E-state index in [0.717, 1.165) is 17.1 Å². The zero-order valence-corrected chi connectivity index (χ0v) is 11.2. The lowest BCUT2D eigenvalue weighted by Gasteiger charge is -2.07. The standard InChI is InChI=1S/C15H19N3O/c1-19-13-8-4-7-12(9-13)18-15(16)10-14(17-18)11-5-2-3-6-11/h4,7-11H,2-3,5-6,16H2,1H3. The van der Waals surface area contributed by atoms with Crippen molar-refractivity contribution in [3.63, 3.8) is 0 Å². The number of hydrogen-bond donors (Lipinski definition) is 1. The van der Waals surface area contributed by atoms with Crippen LogP contribution in [0.15, 0.2) is 30.3 Å². The smallest absolute Gasteiger partial charge is 0.127 e. The van der Waals surface area contributed by atoms with Crippen molar-refractivity contribution in [2.45, 2.75) is 31.6 Å². The number of methoxy groups -OCH3 is 1. The number of hydrogen-bond acceptors (Lipinski definition) is 3. The molecule has 0 spiro atoms. The highest BCUT2D eigenvalue weighted by molar-refractivity contribution is 5.46. The van der Waals surface area contributed by atoms with Crippen LogP contribution in [0.5, 0.6) is 5.75 Å². The van der Waals surface area contributed by atoms with Crippen LogP contribution in [-0.2, 0) is 0 Å². The molecule has 0 bridgehead atoms. The van der Waals surface area contributed by atoms with Crippen LogP contribution in [0, 0.1) is 0 Å². The van der Waals surface area contributed by atoms with Crippen molar-refractivity contribution in [1.29, 1.82) is 0 Å². The Labute approximate surface area is 113 Å². The van der Waals surface area contributed by atoms with Crippen molar-refractivity contribution in [2.24, 2.45) is 0 Å². The lowest BCUT2D eigenvalue weighted by atomic mass is 10.1. The Morgan fingerprint density at radius 2 is 2.05 bits per heavy atom. The quantitative estimate of drug-likeness (QED) is 0.919. The second-order valence-corrected chi connectivity index (χ2v) is 5.09. The zero-order chi connectivity index (χ0) is 13.2. The average Bonchev–Trinajstić information content (AvgIpc) is 3.07. The predicted octanol–water partition coefficient (Wildman–Crippen LogP) is 3.12. The van der Waals surface area contributed by atoms with Crippen LogP contribution in [0.25, 0.3) is 5.69 Å². The number of nitrogen functional groups attached to an aromatic ring is 1. The van der Waals surface area contributed by atoms with Crippen molar-refractivity contribution in [2.75, 3.05) is 12.8 Å². The molecule has 0 aliphatic heterocycles. The third-order valence-electron chi connectivity index (χ3n) is 3.83. The highest BCUT2D eigenvalue weighted by Gasteiger charge is 2.21. The van der Waals surface area contributed by atoms with Gasteiger partial charge in [-0.25, -0.2) is 4.68 Å². The molecule has 0 amide bonds. The van der Waals surface area contributed by atoms with Gasteiger partial charge >= 0.3 is 0 Å². The minimum atomic E-state index is 0.578. The molecule has 0 unspecified atom stereocenters. The van der Waals surface area contributed by atoms with Gasteiger partial charge in [-0.1, -0.05) is 18.9 Å². The van der Waals surface area contributed by atoms with Crippen LogP contribution in [0.4, 0.5) is 5.82 Å². The van der Waals surface area contributed by atoms with Gasteiger partial charge in [-0.05, 0) is 25.0 Å². The zero-order valence-electron chi connectivity index (χ0n) is 11.2. The van der Waals surface area contributed by atoms with Crippen LogP contribution < -0.4 is 10.5 Å². The van der Waals surface area contributed by atoms with Crippen molar-refractivity contribution in [1.82, 2.24) is 9.78 Å². The molecule has 0 radical (unpaired) electrons. The fraction of sp³-hybridized carbons (Fsp3) is 0.400. The van der Waals surface area contributed by atoms with E-state index in [2.05, 4.69) is 5.10 Å². The van der Waals surface area contributed by atoms with Gasteiger partial charge in [0.1, 0.15) is 11.6 Å². The van der Waals surface area contributed by atoms with E-state index < -0.39 is 0 Å². The maximum atomic E-state index is 6.09. The first-order valence-electron chi connectivity index (χ1n) is 6.78. The second-order valence-electron chi connectivity index (χ2n) is 5.09. The molecular weight excluding hydrogens is 238 g/mol. The van der Waals surface area contributed by atoms with Gasteiger partial charge in [0.25, 0.3) is 0 Å². The van der Waals surface area contributed by atoms with E-state index in [1.807, 2.05) is 30.3 Å². The molecule has 1 fully saturated rings. The summed E-state index contributed by atoms with van der Waals surface area (Å²) in [6.45, 7) is 0. The van der Waals surface area contributed by atoms with Crippen LogP contribution in [-0.4, -0.2) is 16.9 Å². The first-order valence-corrected chi connectivity index (χ1v) is 6.78. The molecule has 1 aromatic heterocycles. The number of nitrogens with zero attached hydrogens (tertiary/aromatic N) is 2. The van der Waals surface area contributed by atoms with E-state index in [9.17, 15) is 0 Å². The lowest BCUT2D eigenvalue weighted by molar-refractivity contribution is 0.414. The van der Waals surface area contributed by atoms with Gasteiger partial charge in [-0.15, -0.1) is 0 Å². The maximum absolute atomic E-state index is 6.09. The number of benzene rings is 1. The molecule has 1 aromatic carbocycles. The molecular formula is C15H19N3O. The van der Waals surface area contributed by atoms with E-state index in [-0.39, 0.29) is 0 Å². The fourth-order valence-electron chi connectivity index (χ4n) is 2.78. The third-order valence-corrected chi connectivity index (χ3v) is 3.83. The van der Waals surface area contributed by atoms with Crippen LogP contribution in [0.1, 0.15) is 37.3 Å². The molecule has 4 heteroatoms. The molecule has 3 rings (SSSR count). The number of rotatable bonds is 3. The average molecular weight is 257 g/mol. The normalized spacial score (nSPS) is 15.8. The minimum absolute atomic E-state index is 0.578. The molecule has 1 aliphatic carbocycles. The summed E-state index contributed by atoms with van der Waals surface area (Å²) in [5, 5.41) is 4.67. The van der Waals surface area contributed by atoms with Gasteiger partial charge in [-0.2, -0.15) is 5.10 Å². The third kappa shape index (κ3) is 2.30. The number of nitrogens with two attached hydrogens (primary N) is 1. The summed E-state index contributed by atoms with van der Waals surface area (Å²) in [7, 11) is 1.66. The Hall–Kier alpha value is -1.97.